The summed E-state index contributed by atoms with van der Waals surface area (Å²) in [7, 11) is 0. The Labute approximate surface area is 404 Å². The van der Waals surface area contributed by atoms with Gasteiger partial charge in [-0.1, -0.05) is 44.2 Å². The Morgan fingerprint density at radius 2 is 1.24 bits per heavy atom. The van der Waals surface area contributed by atoms with Crippen molar-refractivity contribution < 1.29 is 32.9 Å². The van der Waals surface area contributed by atoms with Gasteiger partial charge in [-0.15, -0.1) is 0 Å². The molecule has 11 aromatic rings. The summed E-state index contributed by atoms with van der Waals surface area (Å²) in [6.07, 6.45) is 2.56. The van der Waals surface area contributed by atoms with Crippen LogP contribution in [0.15, 0.2) is 188 Å². The van der Waals surface area contributed by atoms with Crippen LogP contribution in [0.1, 0.15) is 35.5 Å². The van der Waals surface area contributed by atoms with Crippen LogP contribution in [0.4, 0.5) is 0 Å². The molecule has 6 nitrogen and oxygen atoms in total. The van der Waals surface area contributed by atoms with E-state index in [1.54, 1.807) is 12.3 Å². The summed E-state index contributed by atoms with van der Waals surface area (Å²) in [5.41, 5.74) is 12.5. The molecule has 1 aliphatic heterocycles. The molecule has 0 saturated heterocycles. The Kier molecular flexibility index (Phi) is 9.23. The maximum atomic E-state index is 8.65. The second kappa shape index (κ2) is 16.4. The summed E-state index contributed by atoms with van der Waals surface area (Å²) < 4.78 is 46.5. The number of ether oxygens (including phenoxy) is 2. The Morgan fingerprint density at radius 3 is 1.93 bits per heavy atom. The van der Waals surface area contributed by atoms with Gasteiger partial charge in [0.15, 0.2) is 0 Å². The molecule has 0 radical (unpaired) electrons. The first-order valence-electron chi connectivity index (χ1n) is 23.9. The average molecular weight is 1050 g/mol. The first kappa shape index (κ1) is 37.7. The van der Waals surface area contributed by atoms with Crippen molar-refractivity contribution in [1.29, 1.82) is 0 Å². The molecule has 0 N–H and O–H groups in total. The SMILES string of the molecule is [2H]C([2H])([2H])c1cc(-n2c3[c-]c(Oc4[c-]c(-n5[c](=[Pt])n(-c6c(-c7ccccc7)cccc6-c6ccccc6)c6ccccc65)ccc4)ccc3c3cc4c(cc32)OCCC4(C)C)ncc1-c1ccccc1. The van der Waals surface area contributed by atoms with Crippen LogP contribution in [0, 0.1) is 22.8 Å². The third-order valence-electron chi connectivity index (χ3n) is 13.0. The zero-order valence-corrected chi connectivity index (χ0v) is 39.0. The summed E-state index contributed by atoms with van der Waals surface area (Å²) in [5.74, 6) is 2.23. The van der Waals surface area contributed by atoms with Crippen molar-refractivity contribution >= 4 is 32.8 Å². The van der Waals surface area contributed by atoms with Crippen LogP contribution in [0.2, 0.25) is 0 Å². The summed E-state index contributed by atoms with van der Waals surface area (Å²) in [6, 6.07) is 68.8. The van der Waals surface area contributed by atoms with Gasteiger partial charge >= 0.3 is 294 Å². The Bertz CT molecular complexity index is 3820. The molecule has 67 heavy (non-hydrogen) atoms. The van der Waals surface area contributed by atoms with Crippen molar-refractivity contribution in [3.63, 3.8) is 0 Å². The first-order chi connectivity index (χ1) is 34.0. The normalized spacial score (nSPS) is 14.1. The number of para-hydroxylation sites is 3. The van der Waals surface area contributed by atoms with E-state index in [0.717, 1.165) is 88.1 Å². The molecule has 12 rings (SSSR count). The minimum Gasteiger partial charge on any atom is -0.493 e. The number of fused-ring (bicyclic) bond motifs is 5. The van der Waals surface area contributed by atoms with E-state index in [2.05, 4.69) is 182 Å². The van der Waals surface area contributed by atoms with E-state index >= 15 is 0 Å². The van der Waals surface area contributed by atoms with Gasteiger partial charge in [0.25, 0.3) is 0 Å². The van der Waals surface area contributed by atoms with E-state index in [1.165, 1.54) is 0 Å². The number of nitrogens with zero attached hydrogens (tertiary/aromatic N) is 4. The van der Waals surface area contributed by atoms with Gasteiger partial charge < -0.3 is 4.74 Å². The minimum atomic E-state index is -2.41. The van der Waals surface area contributed by atoms with E-state index in [-0.39, 0.29) is 11.0 Å². The van der Waals surface area contributed by atoms with Crippen molar-refractivity contribution in [2.24, 2.45) is 0 Å². The van der Waals surface area contributed by atoms with Gasteiger partial charge in [0, 0.05) is 15.9 Å². The van der Waals surface area contributed by atoms with Crippen LogP contribution in [-0.2, 0) is 24.8 Å². The molecule has 0 bridgehead atoms. The average Bonchev–Trinajstić information content (AvgIpc) is 3.85. The molecule has 3 aromatic heterocycles. The minimum absolute atomic E-state index is 0.106. The number of hydrogen-bond acceptors (Lipinski definition) is 3. The van der Waals surface area contributed by atoms with Crippen LogP contribution < -0.4 is 9.47 Å². The van der Waals surface area contributed by atoms with Crippen molar-refractivity contribution in [2.75, 3.05) is 6.61 Å². The van der Waals surface area contributed by atoms with Crippen molar-refractivity contribution in [2.45, 2.75) is 32.5 Å². The van der Waals surface area contributed by atoms with Crippen LogP contribution in [0.3, 0.4) is 0 Å². The maximum absolute atomic E-state index is 8.65. The van der Waals surface area contributed by atoms with Crippen molar-refractivity contribution in [3.05, 3.63) is 215 Å². The Balaban J connectivity index is 1.00. The standard InChI is InChI=1S/C60H44N4O2.Pt/c1-40-33-58(61-38-51(40)43-21-11-6-12-22-43)64-55-35-46(29-30-49(55)50-36-52-57(37-56(50)64)65-32-31-60(52,2)3)66-45-24-15-23-44(34-45)62-39-63(54-28-14-13-27-53(54)62)59-47(41-17-7-4-8-18-41)25-16-26-48(59)42-19-9-5-10-20-42;/h4-30,33,36-38H,31-32H2,1-3H3;/q-2;/i1D3;. The quantitative estimate of drug-likeness (QED) is 0.143. The Hall–Kier alpha value is -7.53. The third kappa shape index (κ3) is 7.06. The second-order valence-corrected chi connectivity index (χ2v) is 18.6. The van der Waals surface area contributed by atoms with Gasteiger partial charge in [0.1, 0.15) is 5.75 Å². The van der Waals surface area contributed by atoms with E-state index in [0.29, 0.717) is 35.0 Å². The summed E-state index contributed by atoms with van der Waals surface area (Å²) in [5, 5.41) is 1.91. The molecule has 0 aliphatic carbocycles. The van der Waals surface area contributed by atoms with E-state index in [9.17, 15) is 0 Å². The predicted molar refractivity (Wildman–Crippen MR) is 266 cm³/mol. The number of aryl methyl sites for hydroxylation is 1. The molecule has 0 unspecified atom stereocenters. The number of rotatable bonds is 8. The van der Waals surface area contributed by atoms with Gasteiger partial charge in [0.05, 0.1) is 6.61 Å². The molecular weight excluding hydrogens is 1000 g/mol. The topological polar surface area (TPSA) is 46.1 Å². The van der Waals surface area contributed by atoms with Crippen LogP contribution in [0.5, 0.6) is 17.2 Å². The van der Waals surface area contributed by atoms with Crippen molar-refractivity contribution in [3.8, 4) is 67.8 Å². The first-order valence-corrected chi connectivity index (χ1v) is 23.5. The predicted octanol–water partition coefficient (Wildman–Crippen LogP) is 14.8. The second-order valence-electron chi connectivity index (χ2n) is 17.6. The number of imidazole rings is 1. The van der Waals surface area contributed by atoms with Crippen LogP contribution in [-0.4, -0.2) is 25.3 Å². The van der Waals surface area contributed by atoms with Crippen molar-refractivity contribution in [1.82, 2.24) is 18.7 Å². The molecule has 0 saturated carbocycles. The molecule has 4 heterocycles. The monoisotopic (exact) mass is 1050 g/mol. The van der Waals surface area contributed by atoms with E-state index in [4.69, 9.17) is 18.6 Å². The fourth-order valence-electron chi connectivity index (χ4n) is 9.64. The molecule has 0 fully saturated rings. The summed E-state index contributed by atoms with van der Waals surface area (Å²) in [4.78, 5) is 4.97. The Morgan fingerprint density at radius 1 is 0.612 bits per heavy atom. The van der Waals surface area contributed by atoms with Gasteiger partial charge in [-0.3, -0.25) is 0 Å². The number of pyridine rings is 1. The molecule has 1 aliphatic rings. The van der Waals surface area contributed by atoms with E-state index < -0.39 is 6.85 Å². The van der Waals surface area contributed by atoms with Gasteiger partial charge in [-0.05, 0) is 35.4 Å². The smallest absolute Gasteiger partial charge is 0.493 e. The van der Waals surface area contributed by atoms with Gasteiger partial charge in [-0.2, -0.15) is 0 Å². The molecule has 328 valence electrons. The zero-order chi connectivity index (χ0) is 47.7. The van der Waals surface area contributed by atoms with Gasteiger partial charge in [0.2, 0.25) is 0 Å². The molecular formula is C60H44N4O2Pt-2. The summed E-state index contributed by atoms with van der Waals surface area (Å²) in [6.45, 7) is 2.69. The number of aromatic nitrogens is 4. The van der Waals surface area contributed by atoms with Crippen LogP contribution >= 0.6 is 0 Å². The zero-order valence-electron chi connectivity index (χ0n) is 39.7. The summed E-state index contributed by atoms with van der Waals surface area (Å²) >= 11 is 2.44. The fraction of sp³-hybridized carbons (Fsp3) is 0.100. The molecule has 0 atom stereocenters. The number of hydrogen-bond donors (Lipinski definition) is 0. The third-order valence-corrected chi connectivity index (χ3v) is 14.0. The fourth-order valence-corrected chi connectivity index (χ4v) is 10.7. The molecule has 7 heteroatoms. The molecule has 0 spiro atoms. The van der Waals surface area contributed by atoms with Gasteiger partial charge in [-0.25, -0.2) is 0 Å². The molecule has 8 aromatic carbocycles. The number of benzene rings is 8. The van der Waals surface area contributed by atoms with E-state index in [1.807, 2.05) is 53.1 Å². The molecule has 0 amide bonds. The van der Waals surface area contributed by atoms with Crippen LogP contribution in [0.25, 0.3) is 83.4 Å².